The van der Waals surface area contributed by atoms with Crippen molar-refractivity contribution in [1.29, 1.82) is 0 Å². The quantitative estimate of drug-likeness (QED) is 0.426. The topological polar surface area (TPSA) is 0 Å². The monoisotopic (exact) mass is 115 g/mol. The summed E-state index contributed by atoms with van der Waals surface area (Å²) in [6.07, 6.45) is 0. The Balaban J connectivity index is 3.54. The maximum absolute atomic E-state index is 2.35. The lowest BCUT2D eigenvalue weighted by atomic mass is 10.2. The van der Waals surface area contributed by atoms with Gasteiger partial charge in [-0.3, -0.25) is 8.80 Å². The standard InChI is InChI=1S/C6H15Si/c1-6(2,3)7(4)5/h1-5H3/q-1. The van der Waals surface area contributed by atoms with E-state index in [9.17, 15) is 0 Å². The van der Waals surface area contributed by atoms with Crippen molar-refractivity contribution in [1.82, 2.24) is 0 Å². The molecule has 0 fully saturated rings. The molecule has 0 saturated heterocycles. The molecule has 44 valence electrons. The fraction of sp³-hybridized carbons (Fsp3) is 1.00. The molecule has 0 aliphatic heterocycles. The fourth-order valence-electron chi connectivity index (χ4n) is 0. The Labute approximate surface area is 48.5 Å². The molecule has 0 heterocycles. The van der Waals surface area contributed by atoms with Gasteiger partial charge in [0.15, 0.2) is 0 Å². The van der Waals surface area contributed by atoms with Crippen LogP contribution in [0.4, 0.5) is 0 Å². The Bertz CT molecular complexity index is 49.7. The molecular weight excluding hydrogens is 100 g/mol. The zero-order valence-corrected chi connectivity index (χ0v) is 7.00. The Morgan fingerprint density at radius 1 is 1.00 bits per heavy atom. The van der Waals surface area contributed by atoms with Crippen molar-refractivity contribution in [3.05, 3.63) is 0 Å². The van der Waals surface area contributed by atoms with E-state index >= 15 is 0 Å². The van der Waals surface area contributed by atoms with Crippen LogP contribution in [0.2, 0.25) is 18.1 Å². The summed E-state index contributed by atoms with van der Waals surface area (Å²) >= 11 is 0. The predicted molar refractivity (Wildman–Crippen MR) is 37.2 cm³/mol. The van der Waals surface area contributed by atoms with E-state index < -0.39 is 0 Å². The van der Waals surface area contributed by atoms with Crippen LogP contribution >= 0.6 is 0 Å². The summed E-state index contributed by atoms with van der Waals surface area (Å²) in [6, 6.07) is 0. The molecule has 0 bridgehead atoms. The molecule has 0 rings (SSSR count). The minimum absolute atomic E-state index is 0.0502. The summed E-state index contributed by atoms with van der Waals surface area (Å²) in [4.78, 5) is 0. The molecule has 0 saturated carbocycles. The average molecular weight is 115 g/mol. The summed E-state index contributed by atoms with van der Waals surface area (Å²) in [7, 11) is -0.0502. The highest BCUT2D eigenvalue weighted by molar-refractivity contribution is 6.59. The first-order valence-electron chi connectivity index (χ1n) is 2.75. The molecule has 0 N–H and O–H groups in total. The molecule has 0 atom stereocenters. The third-order valence-electron chi connectivity index (χ3n) is 1.50. The molecule has 1 heteroatoms. The molecule has 7 heavy (non-hydrogen) atoms. The molecule has 0 nitrogen and oxygen atoms in total. The third-order valence-corrected chi connectivity index (χ3v) is 4.50. The smallest absolute Gasteiger partial charge is 0.0907 e. The third kappa shape index (κ3) is 2.86. The van der Waals surface area contributed by atoms with E-state index in [1.165, 1.54) is 0 Å². The van der Waals surface area contributed by atoms with E-state index in [1.54, 1.807) is 0 Å². The van der Waals surface area contributed by atoms with Crippen LogP contribution in [0.3, 0.4) is 0 Å². The summed E-state index contributed by atoms with van der Waals surface area (Å²) in [5, 5.41) is 0.602. The highest BCUT2D eigenvalue weighted by Gasteiger charge is 2.01. The average Bonchev–Trinajstić information content (AvgIpc) is 1.31. The first kappa shape index (κ1) is 7.22. The van der Waals surface area contributed by atoms with Gasteiger partial charge in [0.25, 0.3) is 0 Å². The van der Waals surface area contributed by atoms with E-state index in [4.69, 9.17) is 0 Å². The largest absolute Gasteiger partial charge is 0.260 e. The summed E-state index contributed by atoms with van der Waals surface area (Å²) in [6.45, 7) is 11.6. The first-order chi connectivity index (χ1) is 2.94. The van der Waals surface area contributed by atoms with Gasteiger partial charge < -0.3 is 0 Å². The summed E-state index contributed by atoms with van der Waals surface area (Å²) in [5.41, 5.74) is 0. The maximum Gasteiger partial charge on any atom is -0.0907 e. The van der Waals surface area contributed by atoms with Crippen LogP contribution in [0, 0.1) is 0 Å². The van der Waals surface area contributed by atoms with Crippen LogP contribution in [0.25, 0.3) is 0 Å². The van der Waals surface area contributed by atoms with Gasteiger partial charge in [0.2, 0.25) is 0 Å². The van der Waals surface area contributed by atoms with Crippen molar-refractivity contribution in [3.63, 3.8) is 0 Å². The zero-order valence-electron chi connectivity index (χ0n) is 6.00. The van der Waals surface area contributed by atoms with Crippen molar-refractivity contribution in [3.8, 4) is 0 Å². The van der Waals surface area contributed by atoms with Gasteiger partial charge in [-0.05, 0) is 0 Å². The SMILES string of the molecule is C[Si-](C)C(C)(C)C. The Kier molecular flexibility index (Phi) is 2.05. The van der Waals surface area contributed by atoms with Gasteiger partial charge >= 0.3 is 0 Å². The lowest BCUT2D eigenvalue weighted by molar-refractivity contribution is 0.742. The van der Waals surface area contributed by atoms with Gasteiger partial charge in [0.1, 0.15) is 0 Å². The molecule has 0 aromatic heterocycles. The minimum atomic E-state index is -0.0502. The second-order valence-electron chi connectivity index (χ2n) is 3.25. The highest BCUT2D eigenvalue weighted by Crippen LogP contribution is 2.25. The van der Waals surface area contributed by atoms with Gasteiger partial charge in [-0.15, -0.1) is 0 Å². The summed E-state index contributed by atoms with van der Waals surface area (Å²) in [5.74, 6) is 0. The minimum Gasteiger partial charge on any atom is -0.260 e. The second kappa shape index (κ2) is 1.99. The Hall–Kier alpha value is 0.217. The molecule has 0 radical (unpaired) electrons. The molecule has 0 aliphatic carbocycles. The van der Waals surface area contributed by atoms with E-state index in [0.717, 1.165) is 0 Å². The molecule has 0 aromatic rings. The summed E-state index contributed by atoms with van der Waals surface area (Å²) < 4.78 is 0. The van der Waals surface area contributed by atoms with Crippen LogP contribution in [-0.2, 0) is 0 Å². The first-order valence-corrected chi connectivity index (χ1v) is 5.25. The van der Waals surface area contributed by atoms with Crippen LogP contribution < -0.4 is 0 Å². The lowest BCUT2D eigenvalue weighted by Gasteiger charge is -2.35. The normalized spacial score (nSPS) is 12.9. The maximum atomic E-state index is 2.35. The Morgan fingerprint density at radius 3 is 1.14 bits per heavy atom. The van der Waals surface area contributed by atoms with E-state index in [2.05, 4.69) is 33.9 Å². The molecule has 0 aliphatic rings. The van der Waals surface area contributed by atoms with Crippen LogP contribution in [0.1, 0.15) is 20.8 Å². The predicted octanol–water partition coefficient (Wildman–Crippen LogP) is 2.54. The molecular formula is C6H15Si-. The van der Waals surface area contributed by atoms with E-state index in [0.29, 0.717) is 5.04 Å². The molecule has 0 unspecified atom stereocenters. The van der Waals surface area contributed by atoms with Crippen molar-refractivity contribution in [2.45, 2.75) is 38.9 Å². The Morgan fingerprint density at radius 2 is 1.14 bits per heavy atom. The second-order valence-corrected chi connectivity index (χ2v) is 6.75. The number of hydrogen-bond acceptors (Lipinski definition) is 0. The van der Waals surface area contributed by atoms with Crippen molar-refractivity contribution in [2.24, 2.45) is 0 Å². The van der Waals surface area contributed by atoms with Crippen LogP contribution in [0.5, 0.6) is 0 Å². The highest BCUT2D eigenvalue weighted by atomic mass is 28.3. The van der Waals surface area contributed by atoms with Crippen LogP contribution in [0.15, 0.2) is 0 Å². The van der Waals surface area contributed by atoms with Gasteiger partial charge in [-0.2, -0.15) is 18.1 Å². The number of hydrogen-bond donors (Lipinski definition) is 0. The van der Waals surface area contributed by atoms with Gasteiger partial charge in [0.05, 0.1) is 0 Å². The fourth-order valence-corrected chi connectivity index (χ4v) is 0. The zero-order chi connectivity index (χ0) is 6.08. The molecule has 0 amide bonds. The van der Waals surface area contributed by atoms with Gasteiger partial charge in [-0.25, -0.2) is 0 Å². The number of rotatable bonds is 0. The van der Waals surface area contributed by atoms with Crippen molar-refractivity contribution in [2.75, 3.05) is 0 Å². The van der Waals surface area contributed by atoms with Crippen molar-refractivity contribution >= 4 is 8.80 Å². The lowest BCUT2D eigenvalue weighted by Crippen LogP contribution is -2.16. The molecule has 0 spiro atoms. The van der Waals surface area contributed by atoms with Gasteiger partial charge in [-0.1, -0.05) is 20.8 Å². The van der Waals surface area contributed by atoms with Crippen molar-refractivity contribution < 1.29 is 0 Å². The van der Waals surface area contributed by atoms with Gasteiger partial charge in [0, 0.05) is 0 Å². The van der Waals surface area contributed by atoms with Crippen LogP contribution in [-0.4, -0.2) is 8.80 Å². The van der Waals surface area contributed by atoms with E-state index in [-0.39, 0.29) is 8.80 Å². The molecule has 0 aromatic carbocycles. The van der Waals surface area contributed by atoms with E-state index in [1.807, 2.05) is 0 Å².